The molecule has 1 aliphatic heterocycles. The van der Waals surface area contributed by atoms with Gasteiger partial charge in [0.2, 0.25) is 0 Å². The predicted molar refractivity (Wildman–Crippen MR) is 148 cm³/mol. The molecule has 3 aromatic carbocycles. The maximum absolute atomic E-state index is 13.5. The summed E-state index contributed by atoms with van der Waals surface area (Å²) in [5.74, 6) is -1.12. The lowest BCUT2D eigenvalue weighted by Crippen LogP contribution is -2.30. The van der Waals surface area contributed by atoms with E-state index in [1.165, 1.54) is 4.90 Å². The van der Waals surface area contributed by atoms with E-state index in [2.05, 4.69) is 20.8 Å². The van der Waals surface area contributed by atoms with Crippen LogP contribution in [-0.4, -0.2) is 23.4 Å². The minimum Gasteiger partial charge on any atom is -0.507 e. The molecule has 1 N–H and O–H groups in total. The average Bonchev–Trinajstić information content (AvgIpc) is 3.13. The van der Waals surface area contributed by atoms with Crippen molar-refractivity contribution in [3.63, 3.8) is 0 Å². The molecule has 37 heavy (non-hydrogen) atoms. The second-order valence-corrected chi connectivity index (χ2v) is 10.8. The van der Waals surface area contributed by atoms with E-state index in [-0.39, 0.29) is 16.7 Å². The molecule has 5 nitrogen and oxygen atoms in total. The highest BCUT2D eigenvalue weighted by Crippen LogP contribution is 2.44. The molecule has 0 bridgehead atoms. The van der Waals surface area contributed by atoms with Crippen LogP contribution in [0.15, 0.2) is 72.3 Å². The van der Waals surface area contributed by atoms with Crippen molar-refractivity contribution in [2.75, 3.05) is 11.5 Å². The number of aliphatic hydroxyl groups is 1. The molecule has 1 saturated heterocycles. The fourth-order valence-corrected chi connectivity index (χ4v) is 4.68. The molecular weight excluding hydrogens is 486 g/mol. The van der Waals surface area contributed by atoms with E-state index in [1.807, 2.05) is 44.2 Å². The van der Waals surface area contributed by atoms with Gasteiger partial charge in [-0.2, -0.15) is 0 Å². The topological polar surface area (TPSA) is 66.8 Å². The maximum Gasteiger partial charge on any atom is 0.300 e. The van der Waals surface area contributed by atoms with Gasteiger partial charge in [-0.05, 0) is 59.7 Å². The number of amides is 1. The molecule has 192 valence electrons. The molecule has 6 heteroatoms. The molecule has 0 spiro atoms. The van der Waals surface area contributed by atoms with E-state index in [1.54, 1.807) is 36.4 Å². The number of hydrogen-bond acceptors (Lipinski definition) is 4. The van der Waals surface area contributed by atoms with Crippen molar-refractivity contribution < 1.29 is 19.4 Å². The Hall–Kier alpha value is -3.57. The van der Waals surface area contributed by atoms with Gasteiger partial charge < -0.3 is 9.84 Å². The number of aliphatic hydroxyl groups excluding tert-OH is 1. The van der Waals surface area contributed by atoms with Crippen LogP contribution in [-0.2, 0) is 15.0 Å². The van der Waals surface area contributed by atoms with E-state index in [0.29, 0.717) is 34.2 Å². The van der Waals surface area contributed by atoms with Crippen molar-refractivity contribution >= 4 is 34.7 Å². The Balaban J connectivity index is 1.92. The molecule has 1 aliphatic rings. The summed E-state index contributed by atoms with van der Waals surface area (Å²) >= 11 is 6.30. The quantitative estimate of drug-likeness (QED) is 0.211. The van der Waals surface area contributed by atoms with Gasteiger partial charge in [0.05, 0.1) is 18.2 Å². The van der Waals surface area contributed by atoms with E-state index in [0.717, 1.165) is 17.5 Å². The summed E-state index contributed by atoms with van der Waals surface area (Å²) in [6, 6.07) is 19.2. The van der Waals surface area contributed by atoms with Crippen LogP contribution in [0.25, 0.3) is 5.76 Å². The first-order chi connectivity index (χ1) is 17.5. The fourth-order valence-electron chi connectivity index (χ4n) is 4.51. The lowest BCUT2D eigenvalue weighted by molar-refractivity contribution is -0.132. The molecule has 3 aromatic rings. The third-order valence-electron chi connectivity index (χ3n) is 6.55. The molecule has 0 radical (unpaired) electrons. The van der Waals surface area contributed by atoms with Gasteiger partial charge in [0.25, 0.3) is 11.7 Å². The Bertz CT molecular complexity index is 1370. The molecule has 4 rings (SSSR count). The highest BCUT2D eigenvalue weighted by atomic mass is 35.5. The standard InChI is InChI=1S/C31H32ClNO4/c1-6-16-37-24-9-7-8-21(17-24)28(34)26-27(20-11-13-22(14-12-20)31(3,4)5)33(30(36)29(26)35)25-18-23(32)15-10-19(25)2/h7-15,17-18,27,34H,6,16H2,1-5H3/b28-26+. The summed E-state index contributed by atoms with van der Waals surface area (Å²) in [4.78, 5) is 28.4. The number of ether oxygens (including phenoxy) is 1. The van der Waals surface area contributed by atoms with Gasteiger partial charge in [0.1, 0.15) is 11.5 Å². The van der Waals surface area contributed by atoms with Crippen LogP contribution in [0.1, 0.15) is 62.4 Å². The van der Waals surface area contributed by atoms with Crippen LogP contribution in [0.2, 0.25) is 5.02 Å². The maximum atomic E-state index is 13.5. The number of carbonyl (C=O) groups excluding carboxylic acids is 2. The second-order valence-electron chi connectivity index (χ2n) is 10.3. The van der Waals surface area contributed by atoms with Crippen LogP contribution in [0.4, 0.5) is 5.69 Å². The summed E-state index contributed by atoms with van der Waals surface area (Å²) in [6.45, 7) is 10.8. The molecule has 0 aliphatic carbocycles. The van der Waals surface area contributed by atoms with Crippen LogP contribution in [0, 0.1) is 6.92 Å². The van der Waals surface area contributed by atoms with Crippen molar-refractivity contribution in [1.82, 2.24) is 0 Å². The number of hydrogen-bond donors (Lipinski definition) is 1. The number of nitrogens with zero attached hydrogens (tertiary/aromatic N) is 1. The molecule has 1 atom stereocenters. The zero-order chi connectivity index (χ0) is 26.9. The largest absolute Gasteiger partial charge is 0.507 e. The number of halogens is 1. The van der Waals surface area contributed by atoms with Crippen molar-refractivity contribution in [1.29, 1.82) is 0 Å². The first-order valence-corrected chi connectivity index (χ1v) is 12.8. The molecule has 0 aromatic heterocycles. The average molecular weight is 518 g/mol. The first-order valence-electron chi connectivity index (χ1n) is 12.4. The van der Waals surface area contributed by atoms with Crippen molar-refractivity contribution in [2.24, 2.45) is 0 Å². The van der Waals surface area contributed by atoms with Gasteiger partial charge in [-0.1, -0.05) is 81.8 Å². The van der Waals surface area contributed by atoms with Crippen molar-refractivity contribution in [2.45, 2.75) is 52.5 Å². The van der Waals surface area contributed by atoms with Gasteiger partial charge in [-0.25, -0.2) is 0 Å². The fraction of sp³-hybridized carbons (Fsp3) is 0.290. The Labute approximate surface area is 223 Å². The van der Waals surface area contributed by atoms with Crippen molar-refractivity contribution in [3.8, 4) is 5.75 Å². The minimum absolute atomic E-state index is 0.0283. The predicted octanol–water partition coefficient (Wildman–Crippen LogP) is 7.36. The van der Waals surface area contributed by atoms with Crippen LogP contribution in [0.5, 0.6) is 5.75 Å². The second kappa shape index (κ2) is 10.4. The summed E-state index contributed by atoms with van der Waals surface area (Å²) in [5.41, 5.74) is 3.52. The van der Waals surface area contributed by atoms with E-state index >= 15 is 0 Å². The lowest BCUT2D eigenvalue weighted by atomic mass is 9.85. The van der Waals surface area contributed by atoms with E-state index in [9.17, 15) is 14.7 Å². The Morgan fingerprint density at radius 3 is 2.38 bits per heavy atom. The highest BCUT2D eigenvalue weighted by Gasteiger charge is 2.47. The monoisotopic (exact) mass is 517 g/mol. The van der Waals surface area contributed by atoms with Crippen molar-refractivity contribution in [3.05, 3.63) is 99.6 Å². The molecule has 0 saturated carbocycles. The van der Waals surface area contributed by atoms with E-state index in [4.69, 9.17) is 16.3 Å². The summed E-state index contributed by atoms with van der Waals surface area (Å²) in [5, 5.41) is 11.9. The normalized spacial score (nSPS) is 17.4. The smallest absolute Gasteiger partial charge is 0.300 e. The minimum atomic E-state index is -0.827. The third-order valence-corrected chi connectivity index (χ3v) is 6.78. The number of carbonyl (C=O) groups is 2. The van der Waals surface area contributed by atoms with Gasteiger partial charge in [-0.15, -0.1) is 0 Å². The third kappa shape index (κ3) is 5.28. The van der Waals surface area contributed by atoms with Gasteiger partial charge >= 0.3 is 0 Å². The SMILES string of the molecule is CCCOc1cccc(/C(O)=C2\C(=O)C(=O)N(c3cc(Cl)ccc3C)C2c2ccc(C(C)(C)C)cc2)c1. The molecular formula is C31H32ClNO4. The van der Waals surface area contributed by atoms with Crippen LogP contribution >= 0.6 is 11.6 Å². The number of Topliss-reactive ketones (excluding diaryl/α,β-unsaturated/α-hetero) is 1. The highest BCUT2D eigenvalue weighted by molar-refractivity contribution is 6.52. The molecule has 1 amide bonds. The van der Waals surface area contributed by atoms with E-state index < -0.39 is 17.7 Å². The molecule has 1 unspecified atom stereocenters. The Kier molecular flexibility index (Phi) is 7.47. The summed E-state index contributed by atoms with van der Waals surface area (Å²) in [7, 11) is 0. The van der Waals surface area contributed by atoms with Gasteiger partial charge in [-0.3, -0.25) is 14.5 Å². The number of aryl methyl sites for hydroxylation is 1. The van der Waals surface area contributed by atoms with Crippen LogP contribution < -0.4 is 9.64 Å². The van der Waals surface area contributed by atoms with Gasteiger partial charge in [0, 0.05) is 16.3 Å². The number of anilines is 1. The molecule has 1 heterocycles. The summed E-state index contributed by atoms with van der Waals surface area (Å²) < 4.78 is 5.72. The Morgan fingerprint density at radius 2 is 1.73 bits per heavy atom. The van der Waals surface area contributed by atoms with Crippen LogP contribution in [0.3, 0.4) is 0 Å². The number of benzene rings is 3. The zero-order valence-electron chi connectivity index (χ0n) is 21.8. The van der Waals surface area contributed by atoms with Gasteiger partial charge in [0.15, 0.2) is 0 Å². The lowest BCUT2D eigenvalue weighted by Gasteiger charge is -2.28. The number of rotatable bonds is 6. The molecule has 1 fully saturated rings. The first kappa shape index (κ1) is 26.5. The zero-order valence-corrected chi connectivity index (χ0v) is 22.6. The summed E-state index contributed by atoms with van der Waals surface area (Å²) in [6.07, 6.45) is 0.838. The Morgan fingerprint density at radius 1 is 1.03 bits per heavy atom. The number of ketones is 1.